The van der Waals surface area contributed by atoms with Crippen LogP contribution in [0.4, 0.5) is 5.69 Å². The second-order valence-electron chi connectivity index (χ2n) is 5.92. The molecule has 0 aromatic heterocycles. The fourth-order valence-electron chi connectivity index (χ4n) is 2.96. The molecule has 1 aromatic carbocycles. The number of hydrogen-bond acceptors (Lipinski definition) is 2. The van der Waals surface area contributed by atoms with Gasteiger partial charge in [0, 0.05) is 18.8 Å². The van der Waals surface area contributed by atoms with Crippen molar-refractivity contribution in [3.63, 3.8) is 0 Å². The molecule has 1 heterocycles. The average molecular weight is 258 g/mol. The van der Waals surface area contributed by atoms with Crippen molar-refractivity contribution in [1.29, 1.82) is 0 Å². The Labute approximate surface area is 114 Å². The van der Waals surface area contributed by atoms with Gasteiger partial charge in [0.15, 0.2) is 0 Å². The summed E-state index contributed by atoms with van der Waals surface area (Å²) in [5.74, 6) is 1.69. The molecule has 102 valence electrons. The van der Waals surface area contributed by atoms with Crippen LogP contribution < -0.4 is 10.6 Å². The van der Waals surface area contributed by atoms with Gasteiger partial charge in [-0.05, 0) is 42.7 Å². The van der Waals surface area contributed by atoms with Gasteiger partial charge >= 0.3 is 0 Å². The Kier molecular flexibility index (Phi) is 3.45. The maximum Gasteiger partial charge on any atom is 0.227 e. The van der Waals surface area contributed by atoms with Crippen LogP contribution in [0.2, 0.25) is 0 Å². The summed E-state index contributed by atoms with van der Waals surface area (Å²) in [6, 6.07) is 8.15. The molecule has 1 aliphatic carbocycles. The first-order valence-electron chi connectivity index (χ1n) is 7.36. The Bertz CT molecular complexity index is 468. The number of para-hydroxylation sites is 1. The summed E-state index contributed by atoms with van der Waals surface area (Å²) in [6.45, 7) is 3.96. The molecule has 0 radical (unpaired) electrons. The first kappa shape index (κ1) is 12.5. The highest BCUT2D eigenvalue weighted by molar-refractivity contribution is 5.86. The molecular weight excluding hydrogens is 236 g/mol. The van der Waals surface area contributed by atoms with Gasteiger partial charge in [0.2, 0.25) is 5.91 Å². The molecule has 19 heavy (non-hydrogen) atoms. The summed E-state index contributed by atoms with van der Waals surface area (Å²) in [5.41, 5.74) is 2.26. The van der Waals surface area contributed by atoms with Gasteiger partial charge in [-0.15, -0.1) is 0 Å². The van der Waals surface area contributed by atoms with Gasteiger partial charge in [0.1, 0.15) is 0 Å². The van der Waals surface area contributed by atoms with E-state index in [1.807, 2.05) is 12.1 Å². The molecule has 2 N–H and O–H groups in total. The minimum Gasteiger partial charge on any atom is -0.385 e. The lowest BCUT2D eigenvalue weighted by atomic mass is 9.90. The summed E-state index contributed by atoms with van der Waals surface area (Å²) >= 11 is 0. The molecule has 2 atom stereocenters. The van der Waals surface area contributed by atoms with Crippen molar-refractivity contribution in [2.75, 3.05) is 18.4 Å². The number of hydrogen-bond donors (Lipinski definition) is 2. The zero-order valence-electron chi connectivity index (χ0n) is 11.5. The first-order chi connectivity index (χ1) is 9.25. The molecule has 1 fully saturated rings. The van der Waals surface area contributed by atoms with Crippen molar-refractivity contribution in [3.8, 4) is 0 Å². The third-order valence-corrected chi connectivity index (χ3v) is 4.43. The molecule has 3 rings (SSSR count). The van der Waals surface area contributed by atoms with Crippen molar-refractivity contribution in [2.24, 2.45) is 11.8 Å². The van der Waals surface area contributed by atoms with Crippen LogP contribution in [0.25, 0.3) is 0 Å². The number of nitrogens with one attached hydrogen (secondary N) is 2. The van der Waals surface area contributed by atoms with Crippen LogP contribution >= 0.6 is 0 Å². The minimum absolute atomic E-state index is 0.0175. The normalized spacial score (nSPS) is 23.1. The van der Waals surface area contributed by atoms with E-state index in [1.165, 1.54) is 12.8 Å². The average Bonchev–Trinajstić information content (AvgIpc) is 3.28. The molecule has 3 heteroatoms. The second kappa shape index (κ2) is 5.24. The van der Waals surface area contributed by atoms with Gasteiger partial charge in [-0.3, -0.25) is 4.79 Å². The van der Waals surface area contributed by atoms with E-state index in [9.17, 15) is 4.79 Å². The Balaban J connectivity index is 1.63. The molecule has 1 aromatic rings. The fraction of sp³-hybridized carbons (Fsp3) is 0.562. The zero-order valence-corrected chi connectivity index (χ0v) is 11.5. The highest BCUT2D eigenvalue weighted by Crippen LogP contribution is 2.36. The third kappa shape index (κ3) is 2.75. The molecule has 1 amide bonds. The van der Waals surface area contributed by atoms with Gasteiger partial charge < -0.3 is 10.6 Å². The third-order valence-electron chi connectivity index (χ3n) is 4.43. The largest absolute Gasteiger partial charge is 0.385 e. The first-order valence-corrected chi connectivity index (χ1v) is 7.36. The SMILES string of the molecule is CC(CNC(=O)C1CCNc2ccccc21)C1CC1. The Morgan fingerprint density at radius 3 is 2.95 bits per heavy atom. The van der Waals surface area contributed by atoms with Crippen molar-refractivity contribution in [3.05, 3.63) is 29.8 Å². The number of carbonyl (C=O) groups is 1. The highest BCUT2D eigenvalue weighted by atomic mass is 16.1. The summed E-state index contributed by atoms with van der Waals surface area (Å²) in [5, 5.41) is 6.51. The summed E-state index contributed by atoms with van der Waals surface area (Å²) < 4.78 is 0. The Morgan fingerprint density at radius 2 is 2.16 bits per heavy atom. The van der Waals surface area contributed by atoms with Crippen LogP contribution in [0, 0.1) is 11.8 Å². The van der Waals surface area contributed by atoms with E-state index >= 15 is 0 Å². The predicted octanol–water partition coefficient (Wildman–Crippen LogP) is 2.75. The molecule has 2 aliphatic rings. The summed E-state index contributed by atoms with van der Waals surface area (Å²) in [7, 11) is 0. The smallest absolute Gasteiger partial charge is 0.227 e. The van der Waals surface area contributed by atoms with Gasteiger partial charge in [-0.25, -0.2) is 0 Å². The van der Waals surface area contributed by atoms with E-state index < -0.39 is 0 Å². The van der Waals surface area contributed by atoms with E-state index in [-0.39, 0.29) is 11.8 Å². The van der Waals surface area contributed by atoms with Gasteiger partial charge in [0.05, 0.1) is 5.92 Å². The fourth-order valence-corrected chi connectivity index (χ4v) is 2.96. The predicted molar refractivity (Wildman–Crippen MR) is 77.2 cm³/mol. The zero-order chi connectivity index (χ0) is 13.2. The Hall–Kier alpha value is -1.51. The number of anilines is 1. The van der Waals surface area contributed by atoms with Crippen molar-refractivity contribution < 1.29 is 4.79 Å². The van der Waals surface area contributed by atoms with E-state index in [4.69, 9.17) is 0 Å². The van der Waals surface area contributed by atoms with Crippen LogP contribution in [0.1, 0.15) is 37.7 Å². The standard InChI is InChI=1S/C16H22N2O/c1-11(12-6-7-12)10-18-16(19)14-8-9-17-15-5-3-2-4-13(14)15/h2-5,11-12,14,17H,6-10H2,1H3,(H,18,19). The number of carbonyl (C=O) groups excluding carboxylic acids is 1. The molecular formula is C16H22N2O. The molecule has 0 saturated heterocycles. The van der Waals surface area contributed by atoms with Crippen LogP contribution in [-0.4, -0.2) is 19.0 Å². The van der Waals surface area contributed by atoms with Gasteiger partial charge in [-0.1, -0.05) is 25.1 Å². The lowest BCUT2D eigenvalue weighted by Gasteiger charge is -2.26. The lowest BCUT2D eigenvalue weighted by molar-refractivity contribution is -0.122. The minimum atomic E-state index is 0.0175. The van der Waals surface area contributed by atoms with E-state index in [0.717, 1.165) is 36.7 Å². The molecule has 3 nitrogen and oxygen atoms in total. The number of rotatable bonds is 4. The molecule has 1 saturated carbocycles. The van der Waals surface area contributed by atoms with Crippen LogP contribution in [0.3, 0.4) is 0 Å². The molecule has 2 unspecified atom stereocenters. The lowest BCUT2D eigenvalue weighted by Crippen LogP contribution is -2.35. The van der Waals surface area contributed by atoms with Crippen LogP contribution in [0.15, 0.2) is 24.3 Å². The monoisotopic (exact) mass is 258 g/mol. The summed E-state index contributed by atoms with van der Waals surface area (Å²) in [4.78, 5) is 12.4. The number of amides is 1. The van der Waals surface area contributed by atoms with Gasteiger partial charge in [0.25, 0.3) is 0 Å². The quantitative estimate of drug-likeness (QED) is 0.872. The summed E-state index contributed by atoms with van der Waals surface area (Å²) in [6.07, 6.45) is 3.57. The van der Waals surface area contributed by atoms with E-state index in [0.29, 0.717) is 5.92 Å². The van der Waals surface area contributed by atoms with Crippen molar-refractivity contribution in [1.82, 2.24) is 5.32 Å². The second-order valence-corrected chi connectivity index (χ2v) is 5.92. The maximum absolute atomic E-state index is 12.4. The number of benzene rings is 1. The molecule has 0 spiro atoms. The molecule has 0 bridgehead atoms. The highest BCUT2D eigenvalue weighted by Gasteiger charge is 2.30. The topological polar surface area (TPSA) is 41.1 Å². The Morgan fingerprint density at radius 1 is 1.37 bits per heavy atom. The van der Waals surface area contributed by atoms with E-state index in [2.05, 4.69) is 29.7 Å². The van der Waals surface area contributed by atoms with E-state index in [1.54, 1.807) is 0 Å². The van der Waals surface area contributed by atoms with Crippen LogP contribution in [-0.2, 0) is 4.79 Å². The molecule has 1 aliphatic heterocycles. The van der Waals surface area contributed by atoms with Crippen LogP contribution in [0.5, 0.6) is 0 Å². The van der Waals surface area contributed by atoms with Crippen molar-refractivity contribution in [2.45, 2.75) is 32.1 Å². The number of fused-ring (bicyclic) bond motifs is 1. The maximum atomic E-state index is 12.4. The van der Waals surface area contributed by atoms with Crippen molar-refractivity contribution >= 4 is 11.6 Å². The van der Waals surface area contributed by atoms with Gasteiger partial charge in [-0.2, -0.15) is 0 Å².